The van der Waals surface area contributed by atoms with E-state index in [4.69, 9.17) is 4.74 Å². The molecule has 1 heterocycles. The van der Waals surface area contributed by atoms with Crippen LogP contribution in [0, 0.1) is 0 Å². The van der Waals surface area contributed by atoms with E-state index in [0.717, 1.165) is 19.3 Å². The predicted octanol–water partition coefficient (Wildman–Crippen LogP) is 0.745. The second kappa shape index (κ2) is 6.27. The number of carbonyl (C=O) groups is 2. The molecule has 5 heteroatoms. The number of nitrogens with one attached hydrogen (secondary N) is 1. The van der Waals surface area contributed by atoms with Crippen LogP contribution in [0.4, 0.5) is 4.79 Å². The highest BCUT2D eigenvalue weighted by atomic mass is 16.6. The molecule has 1 saturated heterocycles. The van der Waals surface area contributed by atoms with Crippen LogP contribution in [0.5, 0.6) is 0 Å². The molecule has 1 rings (SSSR count). The summed E-state index contributed by atoms with van der Waals surface area (Å²) in [5, 5.41) is 2.78. The summed E-state index contributed by atoms with van der Waals surface area (Å²) >= 11 is 0. The van der Waals surface area contributed by atoms with Crippen molar-refractivity contribution in [2.75, 3.05) is 26.2 Å². The average Bonchev–Trinajstić information content (AvgIpc) is 2.59. The summed E-state index contributed by atoms with van der Waals surface area (Å²) in [6.45, 7) is 3.83. The Balaban J connectivity index is 2.10. The van der Waals surface area contributed by atoms with Gasteiger partial charge in [-0.25, -0.2) is 4.79 Å². The van der Waals surface area contributed by atoms with Gasteiger partial charge in [-0.3, -0.25) is 9.69 Å². The minimum atomic E-state index is -0.390. The van der Waals surface area contributed by atoms with Crippen LogP contribution in [-0.2, 0) is 9.53 Å². The van der Waals surface area contributed by atoms with E-state index < -0.39 is 6.09 Å². The first-order valence-electron chi connectivity index (χ1n) is 5.42. The first-order valence-corrected chi connectivity index (χ1v) is 5.42. The normalized spacial score (nSPS) is 15.3. The fourth-order valence-corrected chi connectivity index (χ4v) is 1.40. The van der Waals surface area contributed by atoms with Crippen molar-refractivity contribution < 1.29 is 14.3 Å². The number of amides is 2. The third-order valence-electron chi connectivity index (χ3n) is 2.28. The Hall–Kier alpha value is -1.26. The smallest absolute Gasteiger partial charge is 0.410 e. The highest BCUT2D eigenvalue weighted by molar-refractivity contribution is 5.82. The summed E-state index contributed by atoms with van der Waals surface area (Å²) in [4.78, 5) is 23.8. The molecule has 0 radical (unpaired) electrons. The molecular formula is C10H18N2O3. The van der Waals surface area contributed by atoms with Crippen molar-refractivity contribution >= 4 is 12.0 Å². The molecule has 0 aromatic carbocycles. The molecule has 5 nitrogen and oxygen atoms in total. The van der Waals surface area contributed by atoms with Gasteiger partial charge in [-0.1, -0.05) is 19.8 Å². The van der Waals surface area contributed by atoms with Crippen LogP contribution in [0.15, 0.2) is 0 Å². The zero-order valence-electron chi connectivity index (χ0n) is 9.12. The minimum Gasteiger partial charge on any atom is -0.448 e. The minimum absolute atomic E-state index is 0.107. The quantitative estimate of drug-likeness (QED) is 0.664. The number of cyclic esters (lactones) is 1. The fraction of sp³-hybridized carbons (Fsp3) is 0.800. The van der Waals surface area contributed by atoms with Crippen LogP contribution >= 0.6 is 0 Å². The molecule has 0 bridgehead atoms. The van der Waals surface area contributed by atoms with Crippen LogP contribution in [0.3, 0.4) is 0 Å². The number of ether oxygens (including phenoxy) is 1. The van der Waals surface area contributed by atoms with Gasteiger partial charge in [0.15, 0.2) is 0 Å². The van der Waals surface area contributed by atoms with Gasteiger partial charge in [-0.15, -0.1) is 0 Å². The van der Waals surface area contributed by atoms with Gasteiger partial charge < -0.3 is 10.1 Å². The second-order valence-corrected chi connectivity index (χ2v) is 3.59. The van der Waals surface area contributed by atoms with Crippen LogP contribution in [-0.4, -0.2) is 43.1 Å². The number of nitrogens with zero attached hydrogens (tertiary/aromatic N) is 1. The molecule has 0 spiro atoms. The van der Waals surface area contributed by atoms with Crippen LogP contribution < -0.4 is 5.32 Å². The molecule has 0 unspecified atom stereocenters. The van der Waals surface area contributed by atoms with Gasteiger partial charge in [0.1, 0.15) is 13.2 Å². The maximum Gasteiger partial charge on any atom is 0.410 e. The highest BCUT2D eigenvalue weighted by Crippen LogP contribution is 2.01. The van der Waals surface area contributed by atoms with Crippen molar-refractivity contribution in [3.8, 4) is 0 Å². The lowest BCUT2D eigenvalue weighted by Gasteiger charge is -2.11. The van der Waals surface area contributed by atoms with E-state index in [2.05, 4.69) is 12.2 Å². The molecule has 1 fully saturated rings. The molecule has 0 atom stereocenters. The maximum atomic E-state index is 11.3. The van der Waals surface area contributed by atoms with Gasteiger partial charge in [0, 0.05) is 6.54 Å². The van der Waals surface area contributed by atoms with Crippen LogP contribution in [0.1, 0.15) is 26.2 Å². The average molecular weight is 214 g/mol. The van der Waals surface area contributed by atoms with E-state index in [1.807, 2.05) is 0 Å². The van der Waals surface area contributed by atoms with Crippen molar-refractivity contribution in [3.05, 3.63) is 0 Å². The summed E-state index contributed by atoms with van der Waals surface area (Å²) < 4.78 is 4.72. The number of rotatable bonds is 6. The molecule has 86 valence electrons. The molecule has 1 aliphatic rings. The van der Waals surface area contributed by atoms with Gasteiger partial charge >= 0.3 is 6.09 Å². The first-order chi connectivity index (χ1) is 7.24. The van der Waals surface area contributed by atoms with E-state index in [0.29, 0.717) is 19.7 Å². The largest absolute Gasteiger partial charge is 0.448 e. The van der Waals surface area contributed by atoms with Crippen molar-refractivity contribution in [3.63, 3.8) is 0 Å². The molecule has 2 amide bonds. The molecule has 1 aliphatic heterocycles. The van der Waals surface area contributed by atoms with Crippen molar-refractivity contribution in [2.24, 2.45) is 0 Å². The van der Waals surface area contributed by atoms with Crippen LogP contribution in [0.2, 0.25) is 0 Å². The molecule has 0 aromatic heterocycles. The summed E-state index contributed by atoms with van der Waals surface area (Å²) in [6, 6.07) is 0. The fourth-order valence-electron chi connectivity index (χ4n) is 1.40. The van der Waals surface area contributed by atoms with Crippen molar-refractivity contribution in [1.82, 2.24) is 10.2 Å². The topological polar surface area (TPSA) is 58.6 Å². The zero-order chi connectivity index (χ0) is 11.1. The molecule has 0 saturated carbocycles. The Labute approximate surface area is 89.8 Å². The third-order valence-corrected chi connectivity index (χ3v) is 2.28. The third kappa shape index (κ3) is 4.18. The number of carbonyl (C=O) groups excluding carboxylic acids is 2. The van der Waals surface area contributed by atoms with Gasteiger partial charge in [0.05, 0.1) is 6.54 Å². The Bertz CT molecular complexity index is 231. The first kappa shape index (κ1) is 11.8. The number of hydrogen-bond acceptors (Lipinski definition) is 3. The lowest BCUT2D eigenvalue weighted by molar-refractivity contribution is -0.121. The summed E-state index contributed by atoms with van der Waals surface area (Å²) in [5.74, 6) is -0.107. The predicted molar refractivity (Wildman–Crippen MR) is 55.5 cm³/mol. The van der Waals surface area contributed by atoms with Gasteiger partial charge in [-0.05, 0) is 6.42 Å². The molecule has 0 aliphatic carbocycles. The van der Waals surface area contributed by atoms with E-state index in [9.17, 15) is 9.59 Å². The Morgan fingerprint density at radius 3 is 2.93 bits per heavy atom. The second-order valence-electron chi connectivity index (χ2n) is 3.59. The van der Waals surface area contributed by atoms with Gasteiger partial charge in [0.2, 0.25) is 5.91 Å². The van der Waals surface area contributed by atoms with Gasteiger partial charge in [0.25, 0.3) is 0 Å². The maximum absolute atomic E-state index is 11.3. The Kier molecular flexibility index (Phi) is 4.93. The lowest BCUT2D eigenvalue weighted by Crippen LogP contribution is -2.38. The summed E-state index contributed by atoms with van der Waals surface area (Å²) in [5.41, 5.74) is 0. The number of hydrogen-bond donors (Lipinski definition) is 1. The van der Waals surface area contributed by atoms with E-state index in [1.54, 1.807) is 0 Å². The number of unbranched alkanes of at least 4 members (excludes halogenated alkanes) is 2. The molecule has 15 heavy (non-hydrogen) atoms. The van der Waals surface area contributed by atoms with Crippen molar-refractivity contribution in [2.45, 2.75) is 26.2 Å². The zero-order valence-corrected chi connectivity index (χ0v) is 9.12. The highest BCUT2D eigenvalue weighted by Gasteiger charge is 2.23. The Morgan fingerprint density at radius 1 is 1.53 bits per heavy atom. The van der Waals surface area contributed by atoms with E-state index >= 15 is 0 Å². The standard InChI is InChI=1S/C10H18N2O3/c1-2-3-4-5-11-9(13)8-12-6-7-15-10(12)14/h2-8H2,1H3,(H,11,13). The van der Waals surface area contributed by atoms with E-state index in [1.165, 1.54) is 4.90 Å². The monoisotopic (exact) mass is 214 g/mol. The van der Waals surface area contributed by atoms with E-state index in [-0.39, 0.29) is 12.5 Å². The summed E-state index contributed by atoms with van der Waals surface area (Å²) in [6.07, 6.45) is 2.85. The molecular weight excluding hydrogens is 196 g/mol. The molecule has 0 aromatic rings. The van der Waals surface area contributed by atoms with Gasteiger partial charge in [-0.2, -0.15) is 0 Å². The SMILES string of the molecule is CCCCCNC(=O)CN1CCOC1=O. The molecule has 1 N–H and O–H groups in total. The van der Waals surface area contributed by atoms with Crippen LogP contribution in [0.25, 0.3) is 0 Å². The lowest BCUT2D eigenvalue weighted by atomic mass is 10.2. The van der Waals surface area contributed by atoms with Crippen molar-refractivity contribution in [1.29, 1.82) is 0 Å². The Morgan fingerprint density at radius 2 is 2.33 bits per heavy atom. The summed E-state index contributed by atoms with van der Waals surface area (Å²) in [7, 11) is 0.